The zero-order valence-corrected chi connectivity index (χ0v) is 8.84. The Labute approximate surface area is 87.4 Å². The standard InChI is InChI=1S/C12H11NS/c1-3-9-10-7-5-6-8-11(10)14-12(9)13-4-2/h3-8H,1H2,2H3. The molecule has 0 radical (unpaired) electrons. The molecule has 2 aromatic rings. The van der Waals surface area contributed by atoms with Gasteiger partial charge in [0.15, 0.2) is 0 Å². The molecule has 1 heterocycles. The van der Waals surface area contributed by atoms with Crippen LogP contribution < -0.4 is 0 Å². The van der Waals surface area contributed by atoms with Gasteiger partial charge < -0.3 is 0 Å². The second-order valence-corrected chi connectivity index (χ2v) is 3.94. The van der Waals surface area contributed by atoms with Gasteiger partial charge in [-0.25, -0.2) is 4.99 Å². The Morgan fingerprint density at radius 1 is 1.36 bits per heavy atom. The van der Waals surface area contributed by atoms with Crippen molar-refractivity contribution in [2.75, 3.05) is 0 Å². The third-order valence-electron chi connectivity index (χ3n) is 2.06. The molecule has 0 N–H and O–H groups in total. The number of rotatable bonds is 2. The number of hydrogen-bond acceptors (Lipinski definition) is 2. The predicted molar refractivity (Wildman–Crippen MR) is 65.7 cm³/mol. The second kappa shape index (κ2) is 3.76. The molecule has 2 rings (SSSR count). The van der Waals surface area contributed by atoms with Gasteiger partial charge in [0.1, 0.15) is 5.00 Å². The maximum Gasteiger partial charge on any atom is 0.123 e. The van der Waals surface area contributed by atoms with E-state index in [2.05, 4.69) is 23.7 Å². The van der Waals surface area contributed by atoms with Crippen molar-refractivity contribution in [3.8, 4) is 0 Å². The average Bonchev–Trinajstić information content (AvgIpc) is 2.55. The summed E-state index contributed by atoms with van der Waals surface area (Å²) in [6.45, 7) is 5.76. The van der Waals surface area contributed by atoms with Crippen molar-refractivity contribution in [2.45, 2.75) is 6.92 Å². The number of nitrogens with zero attached hydrogens (tertiary/aromatic N) is 1. The first-order chi connectivity index (χ1) is 6.86. The smallest absolute Gasteiger partial charge is 0.123 e. The Morgan fingerprint density at radius 2 is 2.14 bits per heavy atom. The molecular weight excluding hydrogens is 190 g/mol. The van der Waals surface area contributed by atoms with Crippen molar-refractivity contribution in [2.24, 2.45) is 4.99 Å². The van der Waals surface area contributed by atoms with Gasteiger partial charge in [-0.05, 0) is 13.0 Å². The molecule has 2 heteroatoms. The zero-order chi connectivity index (χ0) is 9.97. The van der Waals surface area contributed by atoms with E-state index in [1.165, 1.54) is 10.1 Å². The lowest BCUT2D eigenvalue weighted by Gasteiger charge is -1.91. The minimum Gasteiger partial charge on any atom is -0.250 e. The van der Waals surface area contributed by atoms with Gasteiger partial charge in [0, 0.05) is 21.9 Å². The van der Waals surface area contributed by atoms with E-state index in [0.29, 0.717) is 0 Å². The normalized spacial score (nSPS) is 11.2. The first-order valence-electron chi connectivity index (χ1n) is 4.49. The Morgan fingerprint density at radius 3 is 2.86 bits per heavy atom. The van der Waals surface area contributed by atoms with E-state index in [1.54, 1.807) is 11.3 Å². The summed E-state index contributed by atoms with van der Waals surface area (Å²) in [7, 11) is 0. The number of benzene rings is 1. The highest BCUT2D eigenvalue weighted by Gasteiger charge is 2.06. The number of aliphatic imine (C=N–C) groups is 1. The molecule has 0 unspecified atom stereocenters. The first kappa shape index (κ1) is 9.16. The van der Waals surface area contributed by atoms with E-state index < -0.39 is 0 Å². The summed E-state index contributed by atoms with van der Waals surface area (Å²) in [4.78, 5) is 4.34. The summed E-state index contributed by atoms with van der Waals surface area (Å²) < 4.78 is 1.27. The van der Waals surface area contributed by atoms with Crippen molar-refractivity contribution in [3.63, 3.8) is 0 Å². The summed E-state index contributed by atoms with van der Waals surface area (Å²) in [5, 5.41) is 2.29. The lowest BCUT2D eigenvalue weighted by Crippen LogP contribution is -1.67. The number of fused-ring (bicyclic) bond motifs is 1. The van der Waals surface area contributed by atoms with E-state index in [9.17, 15) is 0 Å². The van der Waals surface area contributed by atoms with Crippen LogP contribution in [0.3, 0.4) is 0 Å². The SMILES string of the molecule is C=Cc1c(N=CC)sc2ccccc12. The van der Waals surface area contributed by atoms with Crippen LogP contribution in [0.1, 0.15) is 12.5 Å². The summed E-state index contributed by atoms with van der Waals surface area (Å²) in [6, 6.07) is 8.31. The van der Waals surface area contributed by atoms with Crippen LogP contribution in [-0.2, 0) is 0 Å². The fourth-order valence-corrected chi connectivity index (χ4v) is 2.57. The maximum absolute atomic E-state index is 4.34. The molecule has 14 heavy (non-hydrogen) atoms. The topological polar surface area (TPSA) is 12.4 Å². The monoisotopic (exact) mass is 201 g/mol. The molecule has 0 amide bonds. The summed E-state index contributed by atoms with van der Waals surface area (Å²) in [6.07, 6.45) is 3.69. The van der Waals surface area contributed by atoms with E-state index in [0.717, 1.165) is 10.6 Å². The largest absolute Gasteiger partial charge is 0.250 e. The maximum atomic E-state index is 4.34. The van der Waals surface area contributed by atoms with Gasteiger partial charge in [-0.15, -0.1) is 11.3 Å². The third kappa shape index (κ3) is 1.38. The minimum atomic E-state index is 1.05. The fraction of sp³-hybridized carbons (Fsp3) is 0.0833. The van der Waals surface area contributed by atoms with Gasteiger partial charge in [-0.1, -0.05) is 30.9 Å². The summed E-state index contributed by atoms with van der Waals surface area (Å²) in [5.41, 5.74) is 1.14. The summed E-state index contributed by atoms with van der Waals surface area (Å²) >= 11 is 1.70. The number of hydrogen-bond donors (Lipinski definition) is 0. The fourth-order valence-electron chi connectivity index (χ4n) is 1.46. The highest BCUT2D eigenvalue weighted by molar-refractivity contribution is 7.23. The van der Waals surface area contributed by atoms with Crippen molar-refractivity contribution in [1.82, 2.24) is 0 Å². The van der Waals surface area contributed by atoms with Crippen LogP contribution in [0.2, 0.25) is 0 Å². The van der Waals surface area contributed by atoms with E-state index in [1.807, 2.05) is 31.3 Å². The molecule has 0 aliphatic carbocycles. The van der Waals surface area contributed by atoms with E-state index in [4.69, 9.17) is 0 Å². The predicted octanol–water partition coefficient (Wildman–Crippen LogP) is 4.27. The Kier molecular flexibility index (Phi) is 2.46. The molecule has 0 spiro atoms. The average molecular weight is 201 g/mol. The molecule has 0 aliphatic heterocycles. The molecule has 0 aliphatic rings. The lowest BCUT2D eigenvalue weighted by molar-refractivity contribution is 1.63. The Balaban J connectivity index is 2.78. The Bertz CT molecular complexity index is 494. The number of thiophene rings is 1. The van der Waals surface area contributed by atoms with Crippen molar-refractivity contribution in [1.29, 1.82) is 0 Å². The van der Waals surface area contributed by atoms with Crippen LogP contribution in [0.4, 0.5) is 5.00 Å². The van der Waals surface area contributed by atoms with Crippen molar-refractivity contribution in [3.05, 3.63) is 36.4 Å². The Hall–Kier alpha value is -1.41. The molecule has 0 saturated carbocycles. The first-order valence-corrected chi connectivity index (χ1v) is 5.31. The van der Waals surface area contributed by atoms with Gasteiger partial charge >= 0.3 is 0 Å². The quantitative estimate of drug-likeness (QED) is 0.643. The zero-order valence-electron chi connectivity index (χ0n) is 8.03. The third-order valence-corrected chi connectivity index (χ3v) is 3.16. The minimum absolute atomic E-state index is 1.05. The molecular formula is C12H11NS. The van der Waals surface area contributed by atoms with Crippen LogP contribution in [0.5, 0.6) is 0 Å². The second-order valence-electron chi connectivity index (χ2n) is 2.91. The van der Waals surface area contributed by atoms with Gasteiger partial charge in [-0.3, -0.25) is 0 Å². The highest BCUT2D eigenvalue weighted by atomic mass is 32.1. The summed E-state index contributed by atoms with van der Waals surface area (Å²) in [5.74, 6) is 0. The van der Waals surface area contributed by atoms with Gasteiger partial charge in [0.05, 0.1) is 0 Å². The highest BCUT2D eigenvalue weighted by Crippen LogP contribution is 2.37. The molecule has 0 bridgehead atoms. The molecule has 1 aromatic carbocycles. The van der Waals surface area contributed by atoms with Gasteiger partial charge in [-0.2, -0.15) is 0 Å². The van der Waals surface area contributed by atoms with E-state index in [-0.39, 0.29) is 0 Å². The van der Waals surface area contributed by atoms with E-state index >= 15 is 0 Å². The molecule has 0 fully saturated rings. The van der Waals surface area contributed by atoms with Crippen LogP contribution in [-0.4, -0.2) is 6.21 Å². The van der Waals surface area contributed by atoms with Crippen LogP contribution in [0.15, 0.2) is 35.8 Å². The lowest BCUT2D eigenvalue weighted by atomic mass is 10.1. The van der Waals surface area contributed by atoms with Crippen LogP contribution in [0, 0.1) is 0 Å². The van der Waals surface area contributed by atoms with Crippen molar-refractivity contribution < 1.29 is 0 Å². The molecule has 0 atom stereocenters. The molecule has 70 valence electrons. The molecule has 0 saturated heterocycles. The molecule has 1 nitrogen and oxygen atoms in total. The molecule has 1 aromatic heterocycles. The van der Waals surface area contributed by atoms with Gasteiger partial charge in [0.2, 0.25) is 0 Å². The van der Waals surface area contributed by atoms with Gasteiger partial charge in [0.25, 0.3) is 0 Å². The van der Waals surface area contributed by atoms with Crippen LogP contribution in [0.25, 0.3) is 16.2 Å². The van der Waals surface area contributed by atoms with Crippen molar-refractivity contribution >= 4 is 38.7 Å². The van der Waals surface area contributed by atoms with Crippen LogP contribution >= 0.6 is 11.3 Å².